The number of ether oxygens (including phenoxy) is 5. The van der Waals surface area contributed by atoms with Crippen molar-refractivity contribution in [3.63, 3.8) is 0 Å². The lowest BCUT2D eigenvalue weighted by Crippen LogP contribution is -2.32. The molecule has 0 amide bonds. The highest BCUT2D eigenvalue weighted by Crippen LogP contribution is 2.12. The number of aliphatic hydroxyl groups excluding tert-OH is 1. The van der Waals surface area contributed by atoms with E-state index in [0.717, 1.165) is 31.9 Å². The minimum atomic E-state index is -1.02. The van der Waals surface area contributed by atoms with Gasteiger partial charge in [0.15, 0.2) is 6.29 Å². The Balaban J connectivity index is 1.84. The van der Waals surface area contributed by atoms with Crippen molar-refractivity contribution in [2.24, 2.45) is 0 Å². The molecule has 0 radical (unpaired) electrons. The predicted molar refractivity (Wildman–Crippen MR) is 108 cm³/mol. The summed E-state index contributed by atoms with van der Waals surface area (Å²) < 4.78 is 27.4. The molecule has 2 heterocycles. The van der Waals surface area contributed by atoms with Crippen LogP contribution in [0.25, 0.3) is 0 Å². The van der Waals surface area contributed by atoms with Crippen molar-refractivity contribution < 1.29 is 28.8 Å². The summed E-state index contributed by atoms with van der Waals surface area (Å²) in [6.07, 6.45) is -1.02. The zero-order valence-electron chi connectivity index (χ0n) is 17.4. The number of nitrogens with zero attached hydrogens (tertiary/aromatic N) is 2. The second-order valence-corrected chi connectivity index (χ2v) is 6.62. The molecule has 0 saturated carbocycles. The van der Waals surface area contributed by atoms with Gasteiger partial charge < -0.3 is 34.1 Å². The van der Waals surface area contributed by atoms with Gasteiger partial charge in [-0.15, -0.1) is 0 Å². The van der Waals surface area contributed by atoms with Crippen LogP contribution in [-0.2, 0) is 30.2 Å². The summed E-state index contributed by atoms with van der Waals surface area (Å²) >= 11 is 0. The van der Waals surface area contributed by atoms with Crippen molar-refractivity contribution >= 4 is 0 Å². The fourth-order valence-corrected chi connectivity index (χ4v) is 2.79. The molecule has 1 aliphatic rings. The molecule has 2 rings (SSSR count). The van der Waals surface area contributed by atoms with Crippen LogP contribution in [0.2, 0.25) is 0 Å². The molecule has 1 atom stereocenters. The van der Waals surface area contributed by atoms with Crippen molar-refractivity contribution in [2.45, 2.75) is 12.8 Å². The van der Waals surface area contributed by atoms with Crippen molar-refractivity contribution in [1.29, 1.82) is 0 Å². The first-order valence-electron chi connectivity index (χ1n) is 10.2. The van der Waals surface area contributed by atoms with E-state index in [-0.39, 0.29) is 0 Å². The van der Waals surface area contributed by atoms with Gasteiger partial charge >= 0.3 is 0 Å². The molecule has 9 nitrogen and oxygen atoms in total. The maximum absolute atomic E-state index is 9.83. The molecule has 2 N–H and O–H groups in total. The zero-order chi connectivity index (χ0) is 20.6. The second kappa shape index (κ2) is 15.6. The average molecular weight is 414 g/mol. The number of hydrogen-bond donors (Lipinski definition) is 2. The van der Waals surface area contributed by atoms with Gasteiger partial charge in [0, 0.05) is 39.8 Å². The van der Waals surface area contributed by atoms with E-state index in [4.69, 9.17) is 23.7 Å². The lowest BCUT2D eigenvalue weighted by molar-refractivity contribution is -0.0800. The minimum Gasteiger partial charge on any atom is -0.378 e. The van der Waals surface area contributed by atoms with Gasteiger partial charge in [-0.05, 0) is 12.1 Å². The minimum absolute atomic E-state index is 0.502. The molecule has 0 aromatic carbocycles. The Kier molecular flexibility index (Phi) is 13.0. The molecule has 1 saturated heterocycles. The largest absolute Gasteiger partial charge is 0.378 e. The Bertz CT molecular complexity index is 519. The SMILES string of the molecule is COC(O)c1cccc(CN2CCOCCOCCNCCOCCOCC2)n1. The summed E-state index contributed by atoms with van der Waals surface area (Å²) in [5.41, 5.74) is 1.36. The van der Waals surface area contributed by atoms with Gasteiger partial charge in [0.05, 0.1) is 64.2 Å². The van der Waals surface area contributed by atoms with E-state index in [1.807, 2.05) is 12.1 Å². The van der Waals surface area contributed by atoms with Crippen LogP contribution in [0.3, 0.4) is 0 Å². The standard InChI is InChI=1S/C20H35N3O6/c1-25-20(24)19-4-2-3-18(22-19)17-23-7-11-28-15-13-26-9-5-21-6-10-27-14-16-29-12-8-23/h2-4,20-21,24H,5-17H2,1H3. The van der Waals surface area contributed by atoms with Crippen molar-refractivity contribution in [3.8, 4) is 0 Å². The molecular formula is C20H35N3O6. The molecule has 9 heteroatoms. The highest BCUT2D eigenvalue weighted by atomic mass is 16.6. The van der Waals surface area contributed by atoms with E-state index in [1.165, 1.54) is 7.11 Å². The molecule has 1 unspecified atom stereocenters. The van der Waals surface area contributed by atoms with Gasteiger partial charge in [0.2, 0.25) is 0 Å². The summed E-state index contributed by atoms with van der Waals surface area (Å²) in [5.74, 6) is 0. The molecule has 1 fully saturated rings. The third-order valence-corrected chi connectivity index (χ3v) is 4.38. The van der Waals surface area contributed by atoms with Crippen LogP contribution in [-0.4, -0.2) is 101 Å². The van der Waals surface area contributed by atoms with E-state index >= 15 is 0 Å². The molecule has 0 spiro atoms. The fraction of sp³-hybridized carbons (Fsp3) is 0.750. The van der Waals surface area contributed by atoms with Gasteiger partial charge in [-0.1, -0.05) is 6.07 Å². The molecule has 0 bridgehead atoms. The number of hydrogen-bond acceptors (Lipinski definition) is 9. The molecule has 0 aliphatic carbocycles. The molecule has 1 aliphatic heterocycles. The summed E-state index contributed by atoms with van der Waals surface area (Å²) in [5, 5.41) is 13.1. The van der Waals surface area contributed by atoms with E-state index in [2.05, 4.69) is 15.2 Å². The van der Waals surface area contributed by atoms with Crippen LogP contribution < -0.4 is 5.32 Å². The van der Waals surface area contributed by atoms with E-state index in [9.17, 15) is 5.11 Å². The zero-order valence-corrected chi connectivity index (χ0v) is 17.4. The summed E-state index contributed by atoms with van der Waals surface area (Å²) in [6, 6.07) is 5.56. The smallest absolute Gasteiger partial charge is 0.198 e. The number of methoxy groups -OCH3 is 1. The van der Waals surface area contributed by atoms with E-state index in [1.54, 1.807) is 6.07 Å². The van der Waals surface area contributed by atoms with Crippen LogP contribution in [0, 0.1) is 0 Å². The van der Waals surface area contributed by atoms with Crippen molar-refractivity contribution in [2.75, 3.05) is 86.1 Å². The van der Waals surface area contributed by atoms with Gasteiger partial charge in [-0.25, -0.2) is 0 Å². The lowest BCUT2D eigenvalue weighted by atomic mass is 10.2. The van der Waals surface area contributed by atoms with Crippen LogP contribution in [0.5, 0.6) is 0 Å². The second-order valence-electron chi connectivity index (χ2n) is 6.62. The third-order valence-electron chi connectivity index (χ3n) is 4.38. The van der Waals surface area contributed by atoms with Crippen LogP contribution >= 0.6 is 0 Å². The maximum Gasteiger partial charge on any atom is 0.198 e. The Morgan fingerprint density at radius 3 is 2.14 bits per heavy atom. The van der Waals surface area contributed by atoms with Crippen molar-refractivity contribution in [3.05, 3.63) is 29.6 Å². The lowest BCUT2D eigenvalue weighted by Gasteiger charge is -2.22. The first-order chi connectivity index (χ1) is 14.3. The van der Waals surface area contributed by atoms with Gasteiger partial charge in [0.1, 0.15) is 0 Å². The first kappa shape index (κ1) is 24.1. The Morgan fingerprint density at radius 2 is 1.55 bits per heavy atom. The van der Waals surface area contributed by atoms with Gasteiger partial charge in [-0.2, -0.15) is 0 Å². The monoisotopic (exact) mass is 413 g/mol. The Labute approximate surface area is 173 Å². The number of aromatic nitrogens is 1. The van der Waals surface area contributed by atoms with Gasteiger partial charge in [-0.3, -0.25) is 9.88 Å². The third kappa shape index (κ3) is 11.0. The van der Waals surface area contributed by atoms with Gasteiger partial charge in [0.25, 0.3) is 0 Å². The topological polar surface area (TPSA) is 94.5 Å². The molecule has 29 heavy (non-hydrogen) atoms. The van der Waals surface area contributed by atoms with Crippen LogP contribution in [0.1, 0.15) is 17.7 Å². The normalized spacial score (nSPS) is 21.2. The quantitative estimate of drug-likeness (QED) is 0.671. The maximum atomic E-state index is 9.83. The Morgan fingerprint density at radius 1 is 0.966 bits per heavy atom. The van der Waals surface area contributed by atoms with E-state index < -0.39 is 6.29 Å². The van der Waals surface area contributed by atoms with Crippen LogP contribution in [0.4, 0.5) is 0 Å². The number of pyridine rings is 1. The highest BCUT2D eigenvalue weighted by Gasteiger charge is 2.11. The first-order valence-corrected chi connectivity index (χ1v) is 10.2. The van der Waals surface area contributed by atoms with E-state index in [0.29, 0.717) is 65.1 Å². The summed E-state index contributed by atoms with van der Waals surface area (Å²) in [4.78, 5) is 6.71. The molecule has 166 valence electrons. The van der Waals surface area contributed by atoms with Crippen molar-refractivity contribution in [1.82, 2.24) is 15.2 Å². The van der Waals surface area contributed by atoms with Crippen LogP contribution in [0.15, 0.2) is 18.2 Å². The number of rotatable bonds is 4. The highest BCUT2D eigenvalue weighted by molar-refractivity contribution is 5.12. The predicted octanol–water partition coefficient (Wildman–Crippen LogP) is 0.191. The average Bonchev–Trinajstić information content (AvgIpc) is 2.74. The molecule has 1 aromatic heterocycles. The number of aliphatic hydroxyl groups is 1. The molecular weight excluding hydrogens is 378 g/mol. The Hall–Kier alpha value is -1.17. The fourth-order valence-electron chi connectivity index (χ4n) is 2.79. The summed E-state index contributed by atoms with van der Waals surface area (Å²) in [6.45, 7) is 8.57. The number of nitrogens with one attached hydrogen (secondary N) is 1. The summed E-state index contributed by atoms with van der Waals surface area (Å²) in [7, 11) is 1.45. The molecule has 1 aromatic rings.